The standard InChI is InChI=1S/C8H12N4O3/c1-11(5-7(13)15-3)8(14)6-4-12(2)10-9-6/h4H,5H2,1-3H3. The van der Waals surface area contributed by atoms with Crippen LogP contribution in [-0.4, -0.2) is 52.5 Å². The Morgan fingerprint density at radius 2 is 2.27 bits per heavy atom. The highest BCUT2D eigenvalue weighted by Gasteiger charge is 2.17. The summed E-state index contributed by atoms with van der Waals surface area (Å²) in [6.45, 7) is -0.105. The summed E-state index contributed by atoms with van der Waals surface area (Å²) >= 11 is 0. The van der Waals surface area contributed by atoms with E-state index >= 15 is 0 Å². The monoisotopic (exact) mass is 212 g/mol. The van der Waals surface area contributed by atoms with Gasteiger partial charge in [-0.3, -0.25) is 14.3 Å². The number of aromatic nitrogens is 3. The molecule has 0 fully saturated rings. The van der Waals surface area contributed by atoms with Crippen molar-refractivity contribution in [3.05, 3.63) is 11.9 Å². The maximum Gasteiger partial charge on any atom is 0.325 e. The quantitative estimate of drug-likeness (QED) is 0.604. The van der Waals surface area contributed by atoms with Crippen LogP contribution in [0.4, 0.5) is 0 Å². The summed E-state index contributed by atoms with van der Waals surface area (Å²) in [5.41, 5.74) is 0.198. The highest BCUT2D eigenvalue weighted by Crippen LogP contribution is 1.98. The Morgan fingerprint density at radius 1 is 1.60 bits per heavy atom. The summed E-state index contributed by atoms with van der Waals surface area (Å²) in [5, 5.41) is 7.26. The second kappa shape index (κ2) is 4.54. The number of likely N-dealkylation sites (N-methyl/N-ethyl adjacent to an activating group) is 1. The van der Waals surface area contributed by atoms with Crippen LogP contribution in [0.3, 0.4) is 0 Å². The number of nitrogens with zero attached hydrogens (tertiary/aromatic N) is 4. The van der Waals surface area contributed by atoms with Gasteiger partial charge in [0, 0.05) is 14.1 Å². The van der Waals surface area contributed by atoms with Gasteiger partial charge in [0.2, 0.25) is 0 Å². The second-order valence-corrected chi connectivity index (χ2v) is 3.01. The topological polar surface area (TPSA) is 77.3 Å². The Morgan fingerprint density at radius 3 is 2.73 bits per heavy atom. The summed E-state index contributed by atoms with van der Waals surface area (Å²) in [6.07, 6.45) is 1.48. The molecule has 0 spiro atoms. The Labute approximate surface area is 86.6 Å². The third-order valence-electron chi connectivity index (χ3n) is 1.76. The molecule has 0 atom stereocenters. The SMILES string of the molecule is COC(=O)CN(C)C(=O)c1cn(C)nn1. The van der Waals surface area contributed by atoms with Gasteiger partial charge in [0.25, 0.3) is 5.91 Å². The van der Waals surface area contributed by atoms with E-state index < -0.39 is 5.97 Å². The average molecular weight is 212 g/mol. The summed E-state index contributed by atoms with van der Waals surface area (Å²) in [6, 6.07) is 0. The molecule has 15 heavy (non-hydrogen) atoms. The van der Waals surface area contributed by atoms with E-state index in [0.717, 1.165) is 0 Å². The lowest BCUT2D eigenvalue weighted by molar-refractivity contribution is -0.141. The van der Waals surface area contributed by atoms with Crippen LogP contribution in [0.5, 0.6) is 0 Å². The minimum atomic E-state index is -0.477. The molecular formula is C8H12N4O3. The number of carbonyl (C=O) groups excluding carboxylic acids is 2. The van der Waals surface area contributed by atoms with Gasteiger partial charge in [-0.2, -0.15) is 0 Å². The maximum atomic E-state index is 11.6. The lowest BCUT2D eigenvalue weighted by Gasteiger charge is -2.13. The fourth-order valence-corrected chi connectivity index (χ4v) is 0.971. The van der Waals surface area contributed by atoms with Crippen molar-refractivity contribution in [2.75, 3.05) is 20.7 Å². The number of aryl methyl sites for hydroxylation is 1. The minimum Gasteiger partial charge on any atom is -0.468 e. The molecule has 1 aromatic heterocycles. The van der Waals surface area contributed by atoms with Gasteiger partial charge in [-0.1, -0.05) is 5.21 Å². The summed E-state index contributed by atoms with van der Waals surface area (Å²) in [4.78, 5) is 23.7. The van der Waals surface area contributed by atoms with Crippen molar-refractivity contribution in [1.82, 2.24) is 19.9 Å². The fourth-order valence-electron chi connectivity index (χ4n) is 0.971. The van der Waals surface area contributed by atoms with Crippen LogP contribution < -0.4 is 0 Å². The first-order valence-electron chi connectivity index (χ1n) is 4.23. The maximum absolute atomic E-state index is 11.6. The normalized spacial score (nSPS) is 9.80. The first-order chi connectivity index (χ1) is 7.04. The average Bonchev–Trinajstić information content (AvgIpc) is 2.63. The molecule has 7 nitrogen and oxygen atoms in total. The first-order valence-corrected chi connectivity index (χ1v) is 4.23. The van der Waals surface area contributed by atoms with Crippen molar-refractivity contribution in [3.8, 4) is 0 Å². The number of methoxy groups -OCH3 is 1. The third kappa shape index (κ3) is 2.76. The highest BCUT2D eigenvalue weighted by atomic mass is 16.5. The van der Waals surface area contributed by atoms with Gasteiger partial charge >= 0.3 is 5.97 Å². The molecule has 1 heterocycles. The van der Waals surface area contributed by atoms with E-state index in [1.807, 2.05) is 0 Å². The largest absolute Gasteiger partial charge is 0.468 e. The second-order valence-electron chi connectivity index (χ2n) is 3.01. The van der Waals surface area contributed by atoms with Gasteiger partial charge in [-0.15, -0.1) is 5.10 Å². The van der Waals surface area contributed by atoms with E-state index in [9.17, 15) is 9.59 Å². The summed E-state index contributed by atoms with van der Waals surface area (Å²) in [5.74, 6) is -0.844. The van der Waals surface area contributed by atoms with E-state index in [4.69, 9.17) is 0 Å². The molecule has 7 heteroatoms. The Hall–Kier alpha value is -1.92. The summed E-state index contributed by atoms with van der Waals surface area (Å²) < 4.78 is 5.85. The van der Waals surface area contributed by atoms with Crippen LogP contribution in [0, 0.1) is 0 Å². The molecule has 82 valence electrons. The molecule has 1 amide bonds. The van der Waals surface area contributed by atoms with E-state index in [1.165, 1.54) is 29.9 Å². The lowest BCUT2D eigenvalue weighted by atomic mass is 10.4. The van der Waals surface area contributed by atoms with Crippen LogP contribution in [-0.2, 0) is 16.6 Å². The lowest BCUT2D eigenvalue weighted by Crippen LogP contribution is -2.32. The molecule has 0 N–H and O–H groups in total. The van der Waals surface area contributed by atoms with Crippen molar-refractivity contribution in [1.29, 1.82) is 0 Å². The number of amides is 1. The number of hydrogen-bond acceptors (Lipinski definition) is 5. The molecule has 0 radical (unpaired) electrons. The van der Waals surface area contributed by atoms with Crippen LogP contribution in [0.25, 0.3) is 0 Å². The van der Waals surface area contributed by atoms with Gasteiger partial charge in [-0.05, 0) is 0 Å². The van der Waals surface area contributed by atoms with Gasteiger partial charge in [0.1, 0.15) is 6.54 Å². The first kappa shape index (κ1) is 11.2. The predicted molar refractivity (Wildman–Crippen MR) is 50.0 cm³/mol. The zero-order valence-electron chi connectivity index (χ0n) is 8.80. The van der Waals surface area contributed by atoms with Crippen LogP contribution in [0.15, 0.2) is 6.20 Å². The van der Waals surface area contributed by atoms with E-state index in [1.54, 1.807) is 7.05 Å². The molecule has 0 aromatic carbocycles. The Kier molecular flexibility index (Phi) is 3.37. The third-order valence-corrected chi connectivity index (χ3v) is 1.76. The smallest absolute Gasteiger partial charge is 0.325 e. The van der Waals surface area contributed by atoms with Gasteiger partial charge in [0.05, 0.1) is 13.3 Å². The van der Waals surface area contributed by atoms with Crippen molar-refractivity contribution in [2.24, 2.45) is 7.05 Å². The molecule has 0 unspecified atom stereocenters. The molecule has 0 aliphatic heterocycles. The number of rotatable bonds is 3. The van der Waals surface area contributed by atoms with Crippen molar-refractivity contribution >= 4 is 11.9 Å². The predicted octanol–water partition coefficient (Wildman–Crippen LogP) is -0.940. The Bertz CT molecular complexity index is 374. The van der Waals surface area contributed by atoms with Crippen molar-refractivity contribution < 1.29 is 14.3 Å². The molecule has 1 rings (SSSR count). The van der Waals surface area contributed by atoms with Crippen LogP contribution >= 0.6 is 0 Å². The summed E-state index contributed by atoms with van der Waals surface area (Å²) in [7, 11) is 4.42. The zero-order valence-corrected chi connectivity index (χ0v) is 8.80. The van der Waals surface area contributed by atoms with E-state index in [-0.39, 0.29) is 18.1 Å². The molecular weight excluding hydrogens is 200 g/mol. The Balaban J connectivity index is 2.64. The molecule has 0 saturated heterocycles. The van der Waals surface area contributed by atoms with Crippen LogP contribution in [0.2, 0.25) is 0 Å². The van der Waals surface area contributed by atoms with Gasteiger partial charge in [-0.25, -0.2) is 0 Å². The molecule has 0 aliphatic rings. The zero-order chi connectivity index (χ0) is 11.4. The number of hydrogen-bond donors (Lipinski definition) is 0. The molecule has 0 bridgehead atoms. The van der Waals surface area contributed by atoms with Crippen LogP contribution in [0.1, 0.15) is 10.5 Å². The molecule has 0 aliphatic carbocycles. The highest BCUT2D eigenvalue weighted by molar-refractivity contribution is 5.93. The number of carbonyl (C=O) groups is 2. The molecule has 0 saturated carbocycles. The van der Waals surface area contributed by atoms with E-state index in [2.05, 4.69) is 15.0 Å². The van der Waals surface area contributed by atoms with Gasteiger partial charge < -0.3 is 9.64 Å². The van der Waals surface area contributed by atoms with Gasteiger partial charge in [0.15, 0.2) is 5.69 Å². The number of ether oxygens (including phenoxy) is 1. The molecule has 1 aromatic rings. The van der Waals surface area contributed by atoms with E-state index in [0.29, 0.717) is 0 Å². The number of esters is 1. The minimum absolute atomic E-state index is 0.105. The van der Waals surface area contributed by atoms with Crippen molar-refractivity contribution in [3.63, 3.8) is 0 Å². The van der Waals surface area contributed by atoms with Crippen molar-refractivity contribution in [2.45, 2.75) is 0 Å². The fraction of sp³-hybridized carbons (Fsp3) is 0.500.